The summed E-state index contributed by atoms with van der Waals surface area (Å²) in [4.78, 5) is 27.1. The number of hydrogen-bond donors (Lipinski definition) is 1. The zero-order valence-corrected chi connectivity index (χ0v) is 32.7. The number of halogens is 2. The fourth-order valence-electron chi connectivity index (χ4n) is 5.70. The second-order valence-corrected chi connectivity index (χ2v) is 20.2. The first kappa shape index (κ1) is 38.7. The van der Waals surface area contributed by atoms with E-state index in [1.165, 1.54) is 11.0 Å². The minimum atomic E-state index is -1.98. The van der Waals surface area contributed by atoms with Crippen molar-refractivity contribution in [3.63, 3.8) is 0 Å². The van der Waals surface area contributed by atoms with E-state index < -0.39 is 31.8 Å². The molecule has 0 unspecified atom stereocenters. The Labute approximate surface area is 289 Å². The highest BCUT2D eigenvalue weighted by molar-refractivity contribution is 9.08. The molecule has 1 amide bonds. The van der Waals surface area contributed by atoms with Crippen molar-refractivity contribution in [1.82, 2.24) is 19.2 Å². The van der Waals surface area contributed by atoms with Gasteiger partial charge >= 0.3 is 12.1 Å². The average molecular weight is 738 g/mol. The van der Waals surface area contributed by atoms with Gasteiger partial charge in [-0.3, -0.25) is 4.68 Å². The lowest BCUT2D eigenvalue weighted by atomic mass is 9.97. The molecule has 12 heteroatoms. The van der Waals surface area contributed by atoms with Gasteiger partial charge in [0.2, 0.25) is 0 Å². The molecule has 9 nitrogen and oxygen atoms in total. The summed E-state index contributed by atoms with van der Waals surface area (Å²) in [6.45, 7) is 19.8. The van der Waals surface area contributed by atoms with Gasteiger partial charge in [-0.25, -0.2) is 14.0 Å². The molecule has 262 valence electrons. The maximum atomic E-state index is 16.2. The molecule has 0 atom stereocenters. The van der Waals surface area contributed by atoms with E-state index in [2.05, 4.69) is 54.9 Å². The van der Waals surface area contributed by atoms with Crippen molar-refractivity contribution in [2.24, 2.45) is 7.05 Å². The highest BCUT2D eigenvalue weighted by Gasteiger charge is 2.37. The van der Waals surface area contributed by atoms with Crippen LogP contribution in [0.4, 0.5) is 9.18 Å². The Morgan fingerprint density at radius 1 is 1.09 bits per heavy atom. The summed E-state index contributed by atoms with van der Waals surface area (Å²) in [6, 6.07) is 3.16. The van der Waals surface area contributed by atoms with Crippen molar-refractivity contribution in [1.29, 1.82) is 0 Å². The van der Waals surface area contributed by atoms with Crippen LogP contribution in [-0.2, 0) is 40.9 Å². The number of rotatable bonds is 14. The SMILES string of the molecule is CCc1c(-c2c(F)ccc3c(CCCO[Si](C)(C)C(C)(C)C)c(C(=O)O)n(CCCCN(C)C(=O)OC(C)(C)C)c23)c(CBr)nn1C. The van der Waals surface area contributed by atoms with Crippen molar-refractivity contribution < 1.29 is 28.2 Å². The molecular formula is C35H54BrFN4O5Si. The van der Waals surface area contributed by atoms with Crippen LogP contribution < -0.4 is 0 Å². The predicted molar refractivity (Wildman–Crippen MR) is 193 cm³/mol. The second-order valence-electron chi connectivity index (χ2n) is 14.8. The van der Waals surface area contributed by atoms with E-state index in [1.54, 1.807) is 22.4 Å². The Morgan fingerprint density at radius 2 is 1.74 bits per heavy atom. The van der Waals surface area contributed by atoms with Gasteiger partial charge in [-0.1, -0.05) is 43.6 Å². The molecule has 3 aromatic rings. The van der Waals surface area contributed by atoms with Crippen LogP contribution in [0.25, 0.3) is 22.0 Å². The van der Waals surface area contributed by atoms with Gasteiger partial charge in [0.25, 0.3) is 0 Å². The van der Waals surface area contributed by atoms with Crippen LogP contribution in [0.1, 0.15) is 95.2 Å². The third kappa shape index (κ3) is 8.86. The zero-order valence-electron chi connectivity index (χ0n) is 30.1. The maximum absolute atomic E-state index is 16.2. The van der Waals surface area contributed by atoms with Gasteiger partial charge in [-0.05, 0) is 88.7 Å². The quantitative estimate of drug-likeness (QED) is 0.101. The Kier molecular flexibility index (Phi) is 12.6. The number of carboxylic acids is 1. The molecule has 1 N–H and O–H groups in total. The Hall–Kier alpha value is -2.70. The summed E-state index contributed by atoms with van der Waals surface area (Å²) in [5, 5.41) is 16.6. The minimum absolute atomic E-state index is 0.0626. The van der Waals surface area contributed by atoms with E-state index >= 15 is 4.39 Å². The number of ether oxygens (including phenoxy) is 1. The molecule has 2 aromatic heterocycles. The first-order chi connectivity index (χ1) is 21.8. The summed E-state index contributed by atoms with van der Waals surface area (Å²) in [7, 11) is 1.56. The number of aryl methyl sites for hydroxylation is 3. The monoisotopic (exact) mass is 736 g/mol. The lowest BCUT2D eigenvalue weighted by Gasteiger charge is -2.36. The van der Waals surface area contributed by atoms with E-state index in [-0.39, 0.29) is 10.7 Å². The molecule has 0 radical (unpaired) electrons. The van der Waals surface area contributed by atoms with Crippen LogP contribution in [0.2, 0.25) is 18.1 Å². The summed E-state index contributed by atoms with van der Waals surface area (Å²) in [5.74, 6) is -1.48. The number of fused-ring (bicyclic) bond motifs is 1. The van der Waals surface area contributed by atoms with E-state index in [4.69, 9.17) is 9.16 Å². The number of aromatic carboxylic acids is 1. The van der Waals surface area contributed by atoms with Gasteiger partial charge < -0.3 is 23.7 Å². The molecule has 0 aliphatic carbocycles. The standard InChI is InChI=1S/C35H54BrFN4O5Si/c1-12-27-29(26(22-36)38-40(27)9)28-25(37)18-17-24-23(16-15-21-45-47(10,11)35(5,6)7)31(32(42)43)41(30(24)28)20-14-13-19-39(8)33(44)46-34(2,3)4/h17-18H,12-16,19-22H2,1-11H3,(H,42,43). The number of carbonyl (C=O) groups excluding carboxylic acids is 1. The highest BCUT2D eigenvalue weighted by Crippen LogP contribution is 2.41. The van der Waals surface area contributed by atoms with Crippen LogP contribution in [0, 0.1) is 5.82 Å². The molecule has 47 heavy (non-hydrogen) atoms. The number of alkyl halides is 1. The van der Waals surface area contributed by atoms with Crippen molar-refractivity contribution in [3.05, 3.63) is 40.6 Å². The molecule has 2 heterocycles. The lowest BCUT2D eigenvalue weighted by molar-refractivity contribution is 0.0296. The molecule has 0 saturated heterocycles. The number of carboxylic acid groups (broad SMARTS) is 1. The summed E-state index contributed by atoms with van der Waals surface area (Å²) in [5.41, 5.74) is 3.45. The summed E-state index contributed by atoms with van der Waals surface area (Å²) >= 11 is 3.55. The molecule has 0 fully saturated rings. The third-order valence-electron chi connectivity index (χ3n) is 9.10. The number of benzene rings is 1. The topological polar surface area (TPSA) is 98.8 Å². The maximum Gasteiger partial charge on any atom is 0.410 e. The van der Waals surface area contributed by atoms with Crippen molar-refractivity contribution in [3.8, 4) is 11.1 Å². The van der Waals surface area contributed by atoms with Gasteiger partial charge in [-0.15, -0.1) is 0 Å². The fourth-order valence-corrected chi connectivity index (χ4v) is 7.18. The van der Waals surface area contributed by atoms with E-state index in [1.807, 2.05) is 34.7 Å². The highest BCUT2D eigenvalue weighted by atomic mass is 79.9. The van der Waals surface area contributed by atoms with Gasteiger partial charge in [0.1, 0.15) is 17.1 Å². The van der Waals surface area contributed by atoms with E-state index in [0.717, 1.165) is 11.1 Å². The number of aromatic nitrogens is 3. The average Bonchev–Trinajstić information content (AvgIpc) is 3.45. The smallest absolute Gasteiger partial charge is 0.410 e. The molecule has 1 aromatic carbocycles. The Morgan fingerprint density at radius 3 is 2.30 bits per heavy atom. The number of nitrogens with zero attached hydrogens (tertiary/aromatic N) is 4. The number of carbonyl (C=O) groups is 2. The molecule has 0 aliphatic heterocycles. The van der Waals surface area contributed by atoms with Gasteiger partial charge in [0.15, 0.2) is 8.32 Å². The van der Waals surface area contributed by atoms with Crippen LogP contribution >= 0.6 is 15.9 Å². The third-order valence-corrected chi connectivity index (χ3v) is 14.2. The van der Waals surface area contributed by atoms with Gasteiger partial charge in [-0.2, -0.15) is 5.10 Å². The van der Waals surface area contributed by atoms with Crippen LogP contribution in [-0.4, -0.2) is 70.5 Å². The molecule has 3 rings (SSSR count). The van der Waals surface area contributed by atoms with Crippen molar-refractivity contribution in [2.75, 3.05) is 20.2 Å². The Balaban J connectivity index is 2.11. The first-order valence-corrected chi connectivity index (χ1v) is 20.5. The minimum Gasteiger partial charge on any atom is -0.477 e. The summed E-state index contributed by atoms with van der Waals surface area (Å²) in [6.07, 6.45) is 2.51. The molecule has 0 spiro atoms. The number of hydrogen-bond acceptors (Lipinski definition) is 5. The predicted octanol–water partition coefficient (Wildman–Crippen LogP) is 8.94. The van der Waals surface area contributed by atoms with Crippen molar-refractivity contribution >= 4 is 47.2 Å². The van der Waals surface area contributed by atoms with Crippen LogP contribution in [0.15, 0.2) is 12.1 Å². The lowest BCUT2D eigenvalue weighted by Crippen LogP contribution is -2.41. The number of unbranched alkanes of at least 4 members (excludes halogenated alkanes) is 1. The largest absolute Gasteiger partial charge is 0.477 e. The van der Waals surface area contributed by atoms with E-state index in [0.29, 0.717) is 85.0 Å². The van der Waals surface area contributed by atoms with Crippen LogP contribution in [0.3, 0.4) is 0 Å². The summed E-state index contributed by atoms with van der Waals surface area (Å²) < 4.78 is 31.6. The van der Waals surface area contributed by atoms with Gasteiger partial charge in [0, 0.05) is 61.3 Å². The normalized spacial score (nSPS) is 12.6. The molecule has 0 aliphatic rings. The number of amides is 1. The fraction of sp³-hybridized carbons (Fsp3) is 0.629. The molecule has 0 saturated carbocycles. The first-order valence-electron chi connectivity index (χ1n) is 16.5. The van der Waals surface area contributed by atoms with Crippen molar-refractivity contribution in [2.45, 2.75) is 116 Å². The van der Waals surface area contributed by atoms with Crippen LogP contribution in [0.5, 0.6) is 0 Å². The van der Waals surface area contributed by atoms with Gasteiger partial charge in [0.05, 0.1) is 11.2 Å². The molecule has 0 bridgehead atoms. The molecular weight excluding hydrogens is 683 g/mol. The zero-order chi connectivity index (χ0) is 35.5. The second kappa shape index (κ2) is 15.2. The van der Waals surface area contributed by atoms with E-state index in [9.17, 15) is 14.7 Å². The Bertz CT molecular complexity index is 1590.